The van der Waals surface area contributed by atoms with E-state index in [2.05, 4.69) is 11.1 Å². The van der Waals surface area contributed by atoms with E-state index in [0.29, 0.717) is 34.1 Å². The molecule has 0 aliphatic rings. The third kappa shape index (κ3) is 6.13. The third-order valence-electron chi connectivity index (χ3n) is 6.47. The van der Waals surface area contributed by atoms with E-state index in [9.17, 15) is 15.4 Å². The molecule has 0 saturated heterocycles. The molecule has 0 fully saturated rings. The monoisotopic (exact) mass is 559 g/mol. The number of nitriles is 1. The van der Waals surface area contributed by atoms with Crippen molar-refractivity contribution >= 4 is 17.8 Å². The third-order valence-corrected chi connectivity index (χ3v) is 6.47. The molecule has 0 unspecified atom stereocenters. The van der Waals surface area contributed by atoms with Gasteiger partial charge in [-0.3, -0.25) is 10.1 Å². The maximum absolute atomic E-state index is 10.9. The maximum atomic E-state index is 10.9. The Bertz CT molecular complexity index is 1770. The van der Waals surface area contributed by atoms with Gasteiger partial charge in [0.05, 0.1) is 19.1 Å². The molecule has 0 aliphatic heterocycles. The average Bonchev–Trinajstić information content (AvgIpc) is 3.41. The molecule has 0 atom stereocenters. The quantitative estimate of drug-likeness (QED) is 0.0975. The molecule has 0 spiro atoms. The number of benzene rings is 4. The van der Waals surface area contributed by atoms with Crippen LogP contribution in [-0.4, -0.2) is 25.4 Å². The molecular weight excluding hydrogens is 534 g/mol. The first kappa shape index (κ1) is 27.7. The van der Waals surface area contributed by atoms with E-state index in [-0.39, 0.29) is 18.2 Å². The van der Waals surface area contributed by atoms with E-state index in [1.165, 1.54) is 12.1 Å². The van der Waals surface area contributed by atoms with E-state index in [0.717, 1.165) is 22.3 Å². The lowest BCUT2D eigenvalue weighted by molar-refractivity contribution is -0.384. The van der Waals surface area contributed by atoms with Gasteiger partial charge in [0.25, 0.3) is 5.69 Å². The summed E-state index contributed by atoms with van der Waals surface area (Å²) in [5, 5.41) is 21.1. The highest BCUT2D eigenvalue weighted by Gasteiger charge is 2.23. The van der Waals surface area contributed by atoms with Gasteiger partial charge in [0.15, 0.2) is 0 Å². The Labute approximate surface area is 242 Å². The molecule has 0 radical (unpaired) electrons. The van der Waals surface area contributed by atoms with Crippen molar-refractivity contribution in [3.63, 3.8) is 0 Å². The summed E-state index contributed by atoms with van der Waals surface area (Å²) in [6, 6.07) is 30.5. The molecule has 5 rings (SSSR count). The standard InChI is InChI=1S/C33H25N3O6/c1-39-27-14-8-24(9-15-27)31-30(19-34)33(42-32(31)25-10-16-28(40-2)17-11-25)35-20-23-4-3-5-29(18-23)41-21-22-6-12-26(13-7-22)36(37)38/h3-18,20H,21H2,1-2H3/b35-20+. The summed E-state index contributed by atoms with van der Waals surface area (Å²) in [7, 11) is 3.19. The molecule has 0 saturated carbocycles. The second-order valence-corrected chi connectivity index (χ2v) is 9.10. The second-order valence-electron chi connectivity index (χ2n) is 9.10. The smallest absolute Gasteiger partial charge is 0.269 e. The van der Waals surface area contributed by atoms with Gasteiger partial charge in [0.1, 0.15) is 41.2 Å². The predicted molar refractivity (Wildman–Crippen MR) is 159 cm³/mol. The van der Waals surface area contributed by atoms with Crippen LogP contribution in [0.3, 0.4) is 0 Å². The van der Waals surface area contributed by atoms with Crippen molar-refractivity contribution in [2.75, 3.05) is 14.2 Å². The fraction of sp³-hybridized carbons (Fsp3) is 0.0909. The summed E-state index contributed by atoms with van der Waals surface area (Å²) < 4.78 is 22.7. The Balaban J connectivity index is 1.44. The largest absolute Gasteiger partial charge is 0.497 e. The normalized spacial score (nSPS) is 10.8. The van der Waals surface area contributed by atoms with Crippen molar-refractivity contribution in [2.24, 2.45) is 4.99 Å². The average molecular weight is 560 g/mol. The van der Waals surface area contributed by atoms with Gasteiger partial charge >= 0.3 is 0 Å². The highest BCUT2D eigenvalue weighted by atomic mass is 16.6. The minimum Gasteiger partial charge on any atom is -0.497 e. The van der Waals surface area contributed by atoms with Crippen LogP contribution in [0.25, 0.3) is 22.5 Å². The zero-order valence-corrected chi connectivity index (χ0v) is 22.8. The lowest BCUT2D eigenvalue weighted by Crippen LogP contribution is -1.96. The number of nitro groups is 1. The van der Waals surface area contributed by atoms with Crippen molar-refractivity contribution in [2.45, 2.75) is 6.61 Å². The number of aliphatic imine (C=N–C) groups is 1. The van der Waals surface area contributed by atoms with Crippen molar-refractivity contribution in [1.29, 1.82) is 5.26 Å². The number of methoxy groups -OCH3 is 2. The van der Waals surface area contributed by atoms with Crippen LogP contribution in [0.4, 0.5) is 11.6 Å². The SMILES string of the molecule is COc1ccc(-c2oc(/N=C/c3cccc(OCc4ccc([N+](=O)[O-])cc4)c3)c(C#N)c2-c2ccc(OC)cc2)cc1. The molecule has 0 amide bonds. The molecule has 42 heavy (non-hydrogen) atoms. The van der Waals surface area contributed by atoms with Crippen LogP contribution in [0.2, 0.25) is 0 Å². The van der Waals surface area contributed by atoms with Gasteiger partial charge in [-0.15, -0.1) is 0 Å². The topological polar surface area (TPSA) is 120 Å². The molecule has 5 aromatic rings. The van der Waals surface area contributed by atoms with Crippen molar-refractivity contribution < 1.29 is 23.6 Å². The van der Waals surface area contributed by atoms with Crippen LogP contribution in [0.5, 0.6) is 17.2 Å². The molecule has 0 aliphatic carbocycles. The van der Waals surface area contributed by atoms with Gasteiger partial charge in [-0.05, 0) is 77.4 Å². The molecule has 1 aromatic heterocycles. The molecule has 0 bridgehead atoms. The van der Waals surface area contributed by atoms with Gasteiger partial charge < -0.3 is 18.6 Å². The van der Waals surface area contributed by atoms with Gasteiger partial charge in [-0.2, -0.15) is 5.26 Å². The number of furan rings is 1. The van der Waals surface area contributed by atoms with Gasteiger partial charge in [0, 0.05) is 29.5 Å². The first-order valence-corrected chi connectivity index (χ1v) is 12.8. The Morgan fingerprint density at radius 2 is 1.52 bits per heavy atom. The molecule has 0 N–H and O–H groups in total. The summed E-state index contributed by atoms with van der Waals surface area (Å²) in [6.07, 6.45) is 1.61. The lowest BCUT2D eigenvalue weighted by atomic mass is 9.98. The van der Waals surface area contributed by atoms with Gasteiger partial charge in [-0.1, -0.05) is 24.3 Å². The van der Waals surface area contributed by atoms with E-state index in [1.807, 2.05) is 60.7 Å². The van der Waals surface area contributed by atoms with Crippen LogP contribution < -0.4 is 14.2 Å². The second kappa shape index (κ2) is 12.5. The van der Waals surface area contributed by atoms with Gasteiger partial charge in [-0.25, -0.2) is 4.99 Å². The number of hydrogen-bond donors (Lipinski definition) is 0. The predicted octanol–water partition coefficient (Wildman–Crippen LogP) is 7.74. The summed E-state index contributed by atoms with van der Waals surface area (Å²) in [6.45, 7) is 0.242. The fourth-order valence-electron chi connectivity index (χ4n) is 4.29. The summed E-state index contributed by atoms with van der Waals surface area (Å²) in [5.41, 5.74) is 4.02. The highest BCUT2D eigenvalue weighted by Crippen LogP contribution is 2.43. The first-order chi connectivity index (χ1) is 20.5. The summed E-state index contributed by atoms with van der Waals surface area (Å²) in [5.74, 6) is 2.67. The van der Waals surface area contributed by atoms with Crippen LogP contribution in [0, 0.1) is 21.4 Å². The fourth-order valence-corrected chi connectivity index (χ4v) is 4.29. The van der Waals surface area contributed by atoms with Crippen LogP contribution in [-0.2, 0) is 6.61 Å². The van der Waals surface area contributed by atoms with Crippen molar-refractivity contribution in [1.82, 2.24) is 0 Å². The minimum atomic E-state index is -0.440. The number of rotatable bonds is 10. The Morgan fingerprint density at radius 3 is 2.12 bits per heavy atom. The Kier molecular flexibility index (Phi) is 8.26. The molecule has 9 heteroatoms. The first-order valence-electron chi connectivity index (χ1n) is 12.8. The summed E-state index contributed by atoms with van der Waals surface area (Å²) >= 11 is 0. The van der Waals surface area contributed by atoms with E-state index in [4.69, 9.17) is 18.6 Å². The van der Waals surface area contributed by atoms with Crippen molar-refractivity contribution in [3.8, 4) is 45.8 Å². The van der Waals surface area contributed by atoms with E-state index < -0.39 is 4.92 Å². The molecule has 9 nitrogen and oxygen atoms in total. The molecule has 4 aromatic carbocycles. The number of ether oxygens (including phenoxy) is 3. The maximum Gasteiger partial charge on any atom is 0.269 e. The van der Waals surface area contributed by atoms with Crippen LogP contribution in [0.1, 0.15) is 16.7 Å². The zero-order chi connectivity index (χ0) is 29.5. The summed E-state index contributed by atoms with van der Waals surface area (Å²) in [4.78, 5) is 15.0. The highest BCUT2D eigenvalue weighted by molar-refractivity contribution is 5.90. The van der Waals surface area contributed by atoms with Crippen LogP contribution in [0.15, 0.2) is 106 Å². The number of nitrogens with zero attached hydrogens (tertiary/aromatic N) is 3. The molecule has 1 heterocycles. The number of nitro benzene ring substituents is 1. The lowest BCUT2D eigenvalue weighted by Gasteiger charge is -2.06. The van der Waals surface area contributed by atoms with Gasteiger partial charge in [0.2, 0.25) is 5.88 Å². The Hall–Kier alpha value is -5.88. The molecular formula is C33H25N3O6. The number of non-ortho nitro benzene ring substituents is 1. The van der Waals surface area contributed by atoms with E-state index in [1.54, 1.807) is 44.7 Å². The minimum absolute atomic E-state index is 0.0249. The Morgan fingerprint density at radius 1 is 0.881 bits per heavy atom. The van der Waals surface area contributed by atoms with E-state index >= 15 is 0 Å². The van der Waals surface area contributed by atoms with Crippen LogP contribution >= 0.6 is 0 Å². The van der Waals surface area contributed by atoms with Crippen molar-refractivity contribution in [3.05, 3.63) is 124 Å². The number of hydrogen-bond acceptors (Lipinski definition) is 8. The molecule has 208 valence electrons. The zero-order valence-electron chi connectivity index (χ0n) is 22.8.